The first-order valence-corrected chi connectivity index (χ1v) is 6.20. The molecule has 6 nitrogen and oxygen atoms in total. The Morgan fingerprint density at radius 3 is 2.68 bits per heavy atom. The van der Waals surface area contributed by atoms with Crippen molar-refractivity contribution in [2.45, 2.75) is 19.5 Å². The maximum absolute atomic E-state index is 11.8. The summed E-state index contributed by atoms with van der Waals surface area (Å²) in [5, 5.41) is 11.8. The molecule has 0 fully saturated rings. The summed E-state index contributed by atoms with van der Waals surface area (Å²) in [6, 6.07) is 5.25. The van der Waals surface area contributed by atoms with Crippen LogP contribution in [0.2, 0.25) is 0 Å². The maximum Gasteiger partial charge on any atom is 0.317 e. The van der Waals surface area contributed by atoms with Crippen LogP contribution < -0.4 is 10.2 Å². The van der Waals surface area contributed by atoms with Crippen molar-refractivity contribution in [3.63, 3.8) is 0 Å². The number of rotatable bonds is 5. The number of likely N-dealkylation sites (N-methyl/N-ethyl adjacent to an activating group) is 1. The van der Waals surface area contributed by atoms with Crippen LogP contribution in [0, 0.1) is 0 Å². The smallest absolute Gasteiger partial charge is 0.317 e. The van der Waals surface area contributed by atoms with Gasteiger partial charge in [-0.2, -0.15) is 0 Å². The van der Waals surface area contributed by atoms with Gasteiger partial charge in [-0.25, -0.2) is 9.78 Å². The number of carbonyl (C=O) groups is 1. The second kappa shape index (κ2) is 6.94. The largest absolute Gasteiger partial charge is 0.394 e. The Bertz CT molecular complexity index is 423. The first kappa shape index (κ1) is 15.2. The predicted octanol–water partition coefficient (Wildman–Crippen LogP) is 0.670. The number of aromatic nitrogens is 1. The average Bonchev–Trinajstić information content (AvgIpc) is 2.43. The number of carbonyl (C=O) groups excluding carboxylic acids is 1. The fourth-order valence-electron chi connectivity index (χ4n) is 1.43. The molecule has 0 bridgehead atoms. The second-order valence-corrected chi connectivity index (χ2v) is 4.68. The van der Waals surface area contributed by atoms with Gasteiger partial charge in [0.2, 0.25) is 0 Å². The van der Waals surface area contributed by atoms with E-state index in [1.807, 2.05) is 37.2 Å². The number of amides is 2. The number of hydrogen-bond donors (Lipinski definition) is 2. The van der Waals surface area contributed by atoms with Crippen LogP contribution in [0.25, 0.3) is 0 Å². The Morgan fingerprint density at radius 2 is 2.11 bits per heavy atom. The van der Waals surface area contributed by atoms with E-state index in [4.69, 9.17) is 5.11 Å². The zero-order valence-electron chi connectivity index (χ0n) is 11.9. The third-order valence-electron chi connectivity index (χ3n) is 2.92. The number of urea groups is 1. The molecule has 1 aromatic rings. The van der Waals surface area contributed by atoms with Crippen molar-refractivity contribution >= 4 is 11.8 Å². The number of nitrogens with one attached hydrogen (secondary N) is 1. The van der Waals surface area contributed by atoms with Gasteiger partial charge in [0, 0.05) is 21.1 Å². The minimum absolute atomic E-state index is 0.0573. The quantitative estimate of drug-likeness (QED) is 0.822. The monoisotopic (exact) mass is 266 g/mol. The molecule has 1 rings (SSSR count). The number of aliphatic hydroxyl groups is 1. The fourth-order valence-corrected chi connectivity index (χ4v) is 1.43. The zero-order chi connectivity index (χ0) is 14.4. The van der Waals surface area contributed by atoms with Crippen LogP contribution in [0.5, 0.6) is 0 Å². The van der Waals surface area contributed by atoms with E-state index in [1.165, 1.54) is 4.90 Å². The Hall–Kier alpha value is -1.82. The number of aliphatic hydroxyl groups excluding tert-OH is 1. The molecule has 19 heavy (non-hydrogen) atoms. The molecule has 0 aliphatic rings. The SMILES string of the molecule is CC(CO)N(C)C(=O)NCc1cccc(N(C)C)n1. The van der Waals surface area contributed by atoms with Crippen LogP contribution in [0.3, 0.4) is 0 Å². The number of hydrogen-bond acceptors (Lipinski definition) is 4. The summed E-state index contributed by atoms with van der Waals surface area (Å²) in [7, 11) is 5.49. The zero-order valence-corrected chi connectivity index (χ0v) is 11.9. The van der Waals surface area contributed by atoms with Gasteiger partial charge in [-0.15, -0.1) is 0 Å². The molecule has 6 heteroatoms. The standard InChI is InChI=1S/C13H22N4O2/c1-10(9-18)17(4)13(19)14-8-11-6-5-7-12(15-11)16(2)3/h5-7,10,18H,8-9H2,1-4H3,(H,14,19). The normalized spacial score (nSPS) is 11.8. The van der Waals surface area contributed by atoms with Crippen molar-refractivity contribution in [3.05, 3.63) is 23.9 Å². The molecule has 0 saturated heterocycles. The van der Waals surface area contributed by atoms with Gasteiger partial charge in [0.1, 0.15) is 5.82 Å². The van der Waals surface area contributed by atoms with Crippen LogP contribution in [-0.4, -0.2) is 54.8 Å². The molecule has 0 saturated carbocycles. The first-order valence-electron chi connectivity index (χ1n) is 6.20. The molecule has 0 aliphatic heterocycles. The summed E-state index contributed by atoms with van der Waals surface area (Å²) >= 11 is 0. The molecule has 2 amide bonds. The highest BCUT2D eigenvalue weighted by molar-refractivity contribution is 5.74. The van der Waals surface area contributed by atoms with E-state index in [9.17, 15) is 4.79 Å². The number of anilines is 1. The van der Waals surface area contributed by atoms with Gasteiger partial charge in [-0.05, 0) is 19.1 Å². The lowest BCUT2D eigenvalue weighted by Crippen LogP contribution is -2.43. The van der Waals surface area contributed by atoms with Gasteiger partial charge < -0.3 is 20.2 Å². The highest BCUT2D eigenvalue weighted by atomic mass is 16.3. The molecule has 106 valence electrons. The predicted molar refractivity (Wildman–Crippen MR) is 75.1 cm³/mol. The van der Waals surface area contributed by atoms with Crippen molar-refractivity contribution in [1.29, 1.82) is 0 Å². The second-order valence-electron chi connectivity index (χ2n) is 4.68. The first-order chi connectivity index (χ1) is 8.95. The molecular formula is C13H22N4O2. The molecule has 1 unspecified atom stereocenters. The van der Waals surface area contributed by atoms with Crippen molar-refractivity contribution in [2.24, 2.45) is 0 Å². The van der Waals surface area contributed by atoms with Gasteiger partial charge in [0.05, 0.1) is 24.9 Å². The van der Waals surface area contributed by atoms with Crippen molar-refractivity contribution in [1.82, 2.24) is 15.2 Å². The highest BCUT2D eigenvalue weighted by Gasteiger charge is 2.14. The third kappa shape index (κ3) is 4.40. The summed E-state index contributed by atoms with van der Waals surface area (Å²) in [6.07, 6.45) is 0. The summed E-state index contributed by atoms with van der Waals surface area (Å²) in [6.45, 7) is 2.09. The number of nitrogens with zero attached hydrogens (tertiary/aromatic N) is 3. The van der Waals surface area contributed by atoms with Gasteiger partial charge in [-0.3, -0.25) is 0 Å². The van der Waals surface area contributed by atoms with E-state index >= 15 is 0 Å². The molecule has 1 heterocycles. The molecule has 0 spiro atoms. The minimum atomic E-state index is -0.224. The van der Waals surface area contributed by atoms with Crippen LogP contribution in [0.4, 0.5) is 10.6 Å². The van der Waals surface area contributed by atoms with Gasteiger partial charge in [0.15, 0.2) is 0 Å². The van der Waals surface area contributed by atoms with E-state index in [-0.39, 0.29) is 18.7 Å². The number of pyridine rings is 1. The van der Waals surface area contributed by atoms with Gasteiger partial charge >= 0.3 is 6.03 Å². The van der Waals surface area contributed by atoms with Crippen LogP contribution in [0.1, 0.15) is 12.6 Å². The average molecular weight is 266 g/mol. The van der Waals surface area contributed by atoms with E-state index < -0.39 is 0 Å². The summed E-state index contributed by atoms with van der Waals surface area (Å²) in [5.74, 6) is 0.851. The minimum Gasteiger partial charge on any atom is -0.394 e. The fraction of sp³-hybridized carbons (Fsp3) is 0.538. The van der Waals surface area contributed by atoms with E-state index in [1.54, 1.807) is 14.0 Å². The van der Waals surface area contributed by atoms with Crippen molar-refractivity contribution in [3.8, 4) is 0 Å². The van der Waals surface area contributed by atoms with Crippen molar-refractivity contribution < 1.29 is 9.90 Å². The lowest BCUT2D eigenvalue weighted by Gasteiger charge is -2.23. The molecule has 1 aromatic heterocycles. The van der Waals surface area contributed by atoms with E-state index in [2.05, 4.69) is 10.3 Å². The molecule has 1 atom stereocenters. The molecule has 0 aliphatic carbocycles. The van der Waals surface area contributed by atoms with Gasteiger partial charge in [-0.1, -0.05) is 6.07 Å². The van der Waals surface area contributed by atoms with Crippen LogP contribution >= 0.6 is 0 Å². The maximum atomic E-state index is 11.8. The Kier molecular flexibility index (Phi) is 5.57. The van der Waals surface area contributed by atoms with Crippen LogP contribution in [-0.2, 0) is 6.54 Å². The summed E-state index contributed by atoms with van der Waals surface area (Å²) in [4.78, 5) is 19.6. The summed E-state index contributed by atoms with van der Waals surface area (Å²) in [5.41, 5.74) is 0.796. The summed E-state index contributed by atoms with van der Waals surface area (Å²) < 4.78 is 0. The Labute approximate surface area is 114 Å². The van der Waals surface area contributed by atoms with E-state index in [0.717, 1.165) is 11.5 Å². The molecule has 0 radical (unpaired) electrons. The lowest BCUT2D eigenvalue weighted by molar-refractivity contribution is 0.157. The molecule has 0 aromatic carbocycles. The topological polar surface area (TPSA) is 68.7 Å². The third-order valence-corrected chi connectivity index (χ3v) is 2.92. The highest BCUT2D eigenvalue weighted by Crippen LogP contribution is 2.07. The van der Waals surface area contributed by atoms with Gasteiger partial charge in [0.25, 0.3) is 0 Å². The lowest BCUT2D eigenvalue weighted by atomic mass is 10.3. The Morgan fingerprint density at radius 1 is 1.42 bits per heavy atom. The van der Waals surface area contributed by atoms with Crippen molar-refractivity contribution in [2.75, 3.05) is 32.6 Å². The van der Waals surface area contributed by atoms with E-state index in [0.29, 0.717) is 6.54 Å². The molecular weight excluding hydrogens is 244 g/mol. The van der Waals surface area contributed by atoms with Crippen LogP contribution in [0.15, 0.2) is 18.2 Å². The Balaban J connectivity index is 2.57. The molecule has 2 N–H and O–H groups in total.